The standard InChI is InChI=1S/C25H22ClN3O3S/c1-16(30)27-21-10-12-22(13-11-21)28-24(32)18-4-6-19(7-5-18)25-29(23(31)15-33-25)14-17-2-8-20(26)9-3-17/h2-13,25H,14-15H2,1H3,(H,27,30)(H,28,32)/t25-/m1/s1. The van der Waals surface area contributed by atoms with Crippen LogP contribution in [0.1, 0.15) is 33.8 Å². The summed E-state index contributed by atoms with van der Waals surface area (Å²) in [4.78, 5) is 38.1. The first kappa shape index (κ1) is 22.9. The fourth-order valence-corrected chi connectivity index (χ4v) is 4.84. The molecule has 8 heteroatoms. The summed E-state index contributed by atoms with van der Waals surface area (Å²) < 4.78 is 0. The minimum atomic E-state index is -0.234. The zero-order valence-corrected chi connectivity index (χ0v) is 19.5. The monoisotopic (exact) mass is 479 g/mol. The lowest BCUT2D eigenvalue weighted by atomic mass is 10.1. The Bertz CT molecular complexity index is 1170. The summed E-state index contributed by atoms with van der Waals surface area (Å²) in [5, 5.41) is 6.09. The number of halogens is 1. The molecule has 1 aliphatic rings. The van der Waals surface area contributed by atoms with Crippen molar-refractivity contribution < 1.29 is 14.4 Å². The summed E-state index contributed by atoms with van der Waals surface area (Å²) in [7, 11) is 0. The minimum absolute atomic E-state index is 0.0875. The molecule has 1 aliphatic heterocycles. The normalized spacial score (nSPS) is 15.4. The first-order valence-corrected chi connectivity index (χ1v) is 11.8. The third-order valence-electron chi connectivity index (χ3n) is 5.16. The minimum Gasteiger partial charge on any atom is -0.326 e. The lowest BCUT2D eigenvalue weighted by Gasteiger charge is -2.24. The second-order valence-corrected chi connectivity index (χ2v) is 9.15. The van der Waals surface area contributed by atoms with E-state index >= 15 is 0 Å². The molecule has 0 bridgehead atoms. The molecule has 0 aliphatic carbocycles. The van der Waals surface area contributed by atoms with Crippen molar-refractivity contribution in [3.8, 4) is 0 Å². The molecule has 3 aromatic rings. The molecule has 1 heterocycles. The molecule has 3 aromatic carbocycles. The molecule has 1 atom stereocenters. The van der Waals surface area contributed by atoms with E-state index in [0.717, 1.165) is 11.1 Å². The maximum Gasteiger partial charge on any atom is 0.255 e. The highest BCUT2D eigenvalue weighted by molar-refractivity contribution is 8.00. The second kappa shape index (κ2) is 10.1. The topological polar surface area (TPSA) is 78.5 Å². The van der Waals surface area contributed by atoms with Crippen molar-refractivity contribution in [2.24, 2.45) is 0 Å². The van der Waals surface area contributed by atoms with Crippen LogP contribution in [0.2, 0.25) is 5.02 Å². The van der Waals surface area contributed by atoms with Crippen molar-refractivity contribution in [2.75, 3.05) is 16.4 Å². The van der Waals surface area contributed by atoms with Gasteiger partial charge in [0.05, 0.1) is 5.75 Å². The fourth-order valence-electron chi connectivity index (χ4n) is 3.53. The predicted molar refractivity (Wildman–Crippen MR) is 132 cm³/mol. The molecule has 0 aromatic heterocycles. The maximum absolute atomic E-state index is 12.6. The van der Waals surface area contributed by atoms with E-state index in [1.54, 1.807) is 48.2 Å². The van der Waals surface area contributed by atoms with Crippen molar-refractivity contribution in [2.45, 2.75) is 18.8 Å². The SMILES string of the molecule is CC(=O)Nc1ccc(NC(=O)c2ccc([C@H]3SCC(=O)N3Cc3ccc(Cl)cc3)cc2)cc1. The third-order valence-corrected chi connectivity index (χ3v) is 6.66. The number of thioether (sulfide) groups is 1. The quantitative estimate of drug-likeness (QED) is 0.501. The van der Waals surface area contributed by atoms with Crippen LogP contribution in [-0.4, -0.2) is 28.4 Å². The van der Waals surface area contributed by atoms with E-state index < -0.39 is 0 Å². The zero-order chi connectivity index (χ0) is 23.4. The molecule has 1 fully saturated rings. The fraction of sp³-hybridized carbons (Fsp3) is 0.160. The van der Waals surface area contributed by atoms with Crippen LogP contribution < -0.4 is 10.6 Å². The first-order valence-electron chi connectivity index (χ1n) is 10.3. The van der Waals surface area contributed by atoms with Gasteiger partial charge in [0.1, 0.15) is 5.37 Å². The molecule has 2 N–H and O–H groups in total. The molecular formula is C25H22ClN3O3S. The van der Waals surface area contributed by atoms with Crippen LogP contribution in [-0.2, 0) is 16.1 Å². The number of hydrogen-bond donors (Lipinski definition) is 2. The Morgan fingerprint density at radius 3 is 2.15 bits per heavy atom. The van der Waals surface area contributed by atoms with Gasteiger partial charge in [-0.2, -0.15) is 0 Å². The van der Waals surface area contributed by atoms with Gasteiger partial charge in [-0.15, -0.1) is 11.8 Å². The summed E-state index contributed by atoms with van der Waals surface area (Å²) in [6.45, 7) is 1.95. The van der Waals surface area contributed by atoms with Gasteiger partial charge in [-0.1, -0.05) is 35.9 Å². The van der Waals surface area contributed by atoms with Crippen LogP contribution in [0.5, 0.6) is 0 Å². The van der Waals surface area contributed by atoms with Crippen LogP contribution >= 0.6 is 23.4 Å². The van der Waals surface area contributed by atoms with Crippen molar-refractivity contribution in [1.29, 1.82) is 0 Å². The van der Waals surface area contributed by atoms with Gasteiger partial charge < -0.3 is 15.5 Å². The number of hydrogen-bond acceptors (Lipinski definition) is 4. The Morgan fingerprint density at radius 2 is 1.55 bits per heavy atom. The maximum atomic E-state index is 12.6. The zero-order valence-electron chi connectivity index (χ0n) is 17.9. The van der Waals surface area contributed by atoms with Gasteiger partial charge in [0.2, 0.25) is 11.8 Å². The summed E-state index contributed by atoms with van der Waals surface area (Å²) in [6, 6.07) is 21.7. The molecule has 168 valence electrons. The molecule has 3 amide bonds. The van der Waals surface area contributed by atoms with Crippen molar-refractivity contribution in [3.05, 3.63) is 94.5 Å². The Morgan fingerprint density at radius 1 is 0.939 bits per heavy atom. The van der Waals surface area contributed by atoms with E-state index in [0.29, 0.717) is 34.3 Å². The van der Waals surface area contributed by atoms with Crippen LogP contribution in [0.4, 0.5) is 11.4 Å². The lowest BCUT2D eigenvalue weighted by molar-refractivity contribution is -0.128. The Labute approximate surface area is 201 Å². The van der Waals surface area contributed by atoms with Gasteiger partial charge in [-0.3, -0.25) is 14.4 Å². The average molecular weight is 480 g/mol. The summed E-state index contributed by atoms with van der Waals surface area (Å²) in [5.74, 6) is 0.127. The van der Waals surface area contributed by atoms with Crippen LogP contribution in [0.3, 0.4) is 0 Å². The number of rotatable bonds is 6. The molecule has 0 radical (unpaired) electrons. The predicted octanol–water partition coefficient (Wildman–Crippen LogP) is 5.32. The number of carbonyl (C=O) groups excluding carboxylic acids is 3. The highest BCUT2D eigenvalue weighted by atomic mass is 35.5. The van der Waals surface area contributed by atoms with E-state index in [4.69, 9.17) is 11.6 Å². The van der Waals surface area contributed by atoms with Crippen LogP contribution in [0.25, 0.3) is 0 Å². The summed E-state index contributed by atoms with van der Waals surface area (Å²) in [6.07, 6.45) is 0. The molecule has 0 saturated carbocycles. The van der Waals surface area contributed by atoms with E-state index in [1.165, 1.54) is 6.92 Å². The van der Waals surface area contributed by atoms with Gasteiger partial charge in [0.15, 0.2) is 0 Å². The molecule has 1 saturated heterocycles. The lowest BCUT2D eigenvalue weighted by Crippen LogP contribution is -2.27. The van der Waals surface area contributed by atoms with E-state index in [-0.39, 0.29) is 23.1 Å². The number of anilines is 2. The molecule has 4 rings (SSSR count). The van der Waals surface area contributed by atoms with Crippen LogP contribution in [0.15, 0.2) is 72.8 Å². The molecule has 0 unspecified atom stereocenters. The smallest absolute Gasteiger partial charge is 0.255 e. The third kappa shape index (κ3) is 5.74. The van der Waals surface area contributed by atoms with Gasteiger partial charge >= 0.3 is 0 Å². The number of amides is 3. The molecule has 6 nitrogen and oxygen atoms in total. The number of nitrogens with one attached hydrogen (secondary N) is 2. The molecular weight excluding hydrogens is 458 g/mol. The molecule has 0 spiro atoms. The highest BCUT2D eigenvalue weighted by Gasteiger charge is 2.32. The Balaban J connectivity index is 1.42. The van der Waals surface area contributed by atoms with Crippen molar-refractivity contribution in [3.63, 3.8) is 0 Å². The first-order chi connectivity index (χ1) is 15.9. The van der Waals surface area contributed by atoms with Gasteiger partial charge in [0.25, 0.3) is 5.91 Å². The Kier molecular flexibility index (Phi) is 7.01. The van der Waals surface area contributed by atoms with Gasteiger partial charge in [-0.05, 0) is 59.7 Å². The number of carbonyl (C=O) groups is 3. The number of benzene rings is 3. The summed E-state index contributed by atoms with van der Waals surface area (Å²) in [5.41, 5.74) is 3.79. The van der Waals surface area contributed by atoms with E-state index in [9.17, 15) is 14.4 Å². The highest BCUT2D eigenvalue weighted by Crippen LogP contribution is 2.39. The Hall–Kier alpha value is -3.29. The largest absolute Gasteiger partial charge is 0.326 e. The average Bonchev–Trinajstić information content (AvgIpc) is 3.16. The second-order valence-electron chi connectivity index (χ2n) is 7.65. The van der Waals surface area contributed by atoms with Gasteiger partial charge in [-0.25, -0.2) is 0 Å². The molecule has 33 heavy (non-hydrogen) atoms. The van der Waals surface area contributed by atoms with Crippen molar-refractivity contribution >= 4 is 52.5 Å². The number of nitrogens with zero attached hydrogens (tertiary/aromatic N) is 1. The van der Waals surface area contributed by atoms with Crippen LogP contribution in [0, 0.1) is 0 Å². The summed E-state index contributed by atoms with van der Waals surface area (Å²) >= 11 is 7.54. The van der Waals surface area contributed by atoms with Crippen molar-refractivity contribution in [1.82, 2.24) is 4.90 Å². The van der Waals surface area contributed by atoms with E-state index in [2.05, 4.69) is 10.6 Å². The van der Waals surface area contributed by atoms with E-state index in [1.807, 2.05) is 41.3 Å². The van der Waals surface area contributed by atoms with Gasteiger partial charge in [0, 0.05) is 35.4 Å².